The number of fused-ring (bicyclic) bond motifs is 2. The first kappa shape index (κ1) is 23.4. The number of carbonyl (C=O) groups is 1. The standard InChI is InChI=1S/C28H24N4O3S/c1-3-35-24-13-12-19-6-4-5-7-21(19)22(24)14-30-31-25(33)15-32-17-29-27-26(28(32)34)23(16-36-27)20-10-8-18(2)9-11-20/h4-14,16-17H,3,15H2,1-2H3,(H,31,33)/b30-14-. The largest absolute Gasteiger partial charge is 0.493 e. The molecular weight excluding hydrogens is 472 g/mol. The fraction of sp³-hybridized carbons (Fsp3) is 0.143. The summed E-state index contributed by atoms with van der Waals surface area (Å²) in [5, 5.41) is 8.60. The second-order valence-corrected chi connectivity index (χ2v) is 9.16. The fourth-order valence-electron chi connectivity index (χ4n) is 4.07. The van der Waals surface area contributed by atoms with Crippen molar-refractivity contribution in [3.63, 3.8) is 0 Å². The quantitative estimate of drug-likeness (QED) is 0.250. The van der Waals surface area contributed by atoms with Crippen molar-refractivity contribution in [3.05, 3.63) is 93.9 Å². The second kappa shape index (κ2) is 10.1. The number of benzene rings is 3. The van der Waals surface area contributed by atoms with Crippen molar-refractivity contribution >= 4 is 44.4 Å². The van der Waals surface area contributed by atoms with Gasteiger partial charge in [0, 0.05) is 16.5 Å². The number of hydrazone groups is 1. The van der Waals surface area contributed by atoms with Gasteiger partial charge in [-0.2, -0.15) is 5.10 Å². The molecule has 1 amide bonds. The predicted octanol–water partition coefficient (Wildman–Crippen LogP) is 5.14. The van der Waals surface area contributed by atoms with Crippen LogP contribution in [0.25, 0.3) is 32.1 Å². The molecule has 0 aliphatic carbocycles. The molecule has 36 heavy (non-hydrogen) atoms. The van der Waals surface area contributed by atoms with Gasteiger partial charge in [-0.15, -0.1) is 11.3 Å². The molecule has 0 radical (unpaired) electrons. The average Bonchev–Trinajstić information content (AvgIpc) is 3.32. The number of rotatable bonds is 7. The molecule has 2 aromatic heterocycles. The highest BCUT2D eigenvalue weighted by Gasteiger charge is 2.15. The molecule has 3 aromatic carbocycles. The Morgan fingerprint density at radius 2 is 1.94 bits per heavy atom. The highest BCUT2D eigenvalue weighted by Crippen LogP contribution is 2.30. The second-order valence-electron chi connectivity index (χ2n) is 8.30. The lowest BCUT2D eigenvalue weighted by Crippen LogP contribution is -2.30. The van der Waals surface area contributed by atoms with E-state index in [1.807, 2.05) is 79.9 Å². The van der Waals surface area contributed by atoms with Crippen LogP contribution in [0.2, 0.25) is 0 Å². The molecular formula is C28H24N4O3S. The fourth-order valence-corrected chi connectivity index (χ4v) is 4.98. The number of ether oxygens (including phenoxy) is 1. The van der Waals surface area contributed by atoms with E-state index in [0.29, 0.717) is 22.6 Å². The van der Waals surface area contributed by atoms with Crippen LogP contribution in [0, 0.1) is 6.92 Å². The lowest BCUT2D eigenvalue weighted by Gasteiger charge is -2.10. The molecule has 5 aromatic rings. The SMILES string of the molecule is CCOc1ccc2ccccc2c1/C=N\NC(=O)Cn1cnc2scc(-c3ccc(C)cc3)c2c1=O. The van der Waals surface area contributed by atoms with E-state index >= 15 is 0 Å². The first-order valence-corrected chi connectivity index (χ1v) is 12.4. The smallest absolute Gasteiger partial charge is 0.263 e. The summed E-state index contributed by atoms with van der Waals surface area (Å²) in [5.74, 6) is 0.251. The van der Waals surface area contributed by atoms with Crippen LogP contribution in [0.3, 0.4) is 0 Å². The maximum atomic E-state index is 13.2. The first-order valence-electron chi connectivity index (χ1n) is 11.5. The van der Waals surface area contributed by atoms with E-state index in [1.54, 1.807) is 6.21 Å². The summed E-state index contributed by atoms with van der Waals surface area (Å²) in [6.07, 6.45) is 2.98. The summed E-state index contributed by atoms with van der Waals surface area (Å²) in [5.41, 5.74) is 5.94. The van der Waals surface area contributed by atoms with E-state index in [-0.39, 0.29) is 12.1 Å². The minimum absolute atomic E-state index is 0.198. The molecule has 0 saturated carbocycles. The number of hydrogen-bond donors (Lipinski definition) is 1. The van der Waals surface area contributed by atoms with Crippen molar-refractivity contribution in [2.24, 2.45) is 5.10 Å². The van der Waals surface area contributed by atoms with E-state index < -0.39 is 5.91 Å². The maximum absolute atomic E-state index is 13.2. The number of nitrogens with zero attached hydrogens (tertiary/aromatic N) is 3. The lowest BCUT2D eigenvalue weighted by molar-refractivity contribution is -0.121. The summed E-state index contributed by atoms with van der Waals surface area (Å²) in [6.45, 7) is 4.24. The zero-order chi connectivity index (χ0) is 25.1. The summed E-state index contributed by atoms with van der Waals surface area (Å²) in [6, 6.07) is 19.8. The zero-order valence-electron chi connectivity index (χ0n) is 19.9. The number of amides is 1. The van der Waals surface area contributed by atoms with Crippen LogP contribution in [0.15, 0.2) is 82.3 Å². The van der Waals surface area contributed by atoms with Crippen LogP contribution in [0.4, 0.5) is 0 Å². The van der Waals surface area contributed by atoms with Gasteiger partial charge in [-0.25, -0.2) is 10.4 Å². The highest BCUT2D eigenvalue weighted by atomic mass is 32.1. The summed E-state index contributed by atoms with van der Waals surface area (Å²) >= 11 is 1.41. The van der Waals surface area contributed by atoms with Gasteiger partial charge < -0.3 is 4.74 Å². The Kier molecular flexibility index (Phi) is 6.60. The van der Waals surface area contributed by atoms with Crippen molar-refractivity contribution in [2.45, 2.75) is 20.4 Å². The number of carbonyl (C=O) groups excluding carboxylic acids is 1. The average molecular weight is 497 g/mol. The van der Waals surface area contributed by atoms with Crippen LogP contribution in [-0.4, -0.2) is 28.3 Å². The third-order valence-corrected chi connectivity index (χ3v) is 6.74. The predicted molar refractivity (Wildman–Crippen MR) is 145 cm³/mol. The number of thiophene rings is 1. The molecule has 0 unspecified atom stereocenters. The van der Waals surface area contributed by atoms with Crippen molar-refractivity contribution in [3.8, 4) is 16.9 Å². The van der Waals surface area contributed by atoms with E-state index in [9.17, 15) is 9.59 Å². The Hall–Kier alpha value is -4.30. The van der Waals surface area contributed by atoms with Gasteiger partial charge in [0.1, 0.15) is 17.1 Å². The molecule has 8 heteroatoms. The van der Waals surface area contributed by atoms with E-state index in [0.717, 1.165) is 33.0 Å². The zero-order valence-corrected chi connectivity index (χ0v) is 20.7. The van der Waals surface area contributed by atoms with Crippen LogP contribution in [0.5, 0.6) is 5.75 Å². The molecule has 1 N–H and O–H groups in total. The summed E-state index contributed by atoms with van der Waals surface area (Å²) < 4.78 is 7.05. The van der Waals surface area contributed by atoms with Crippen molar-refractivity contribution in [2.75, 3.05) is 6.61 Å². The monoisotopic (exact) mass is 496 g/mol. The van der Waals surface area contributed by atoms with E-state index in [1.165, 1.54) is 22.2 Å². The van der Waals surface area contributed by atoms with Crippen molar-refractivity contribution in [1.82, 2.24) is 15.0 Å². The number of nitrogens with one attached hydrogen (secondary N) is 1. The molecule has 2 heterocycles. The van der Waals surface area contributed by atoms with Crippen molar-refractivity contribution < 1.29 is 9.53 Å². The lowest BCUT2D eigenvalue weighted by atomic mass is 10.0. The Balaban J connectivity index is 1.38. The summed E-state index contributed by atoms with van der Waals surface area (Å²) in [7, 11) is 0. The number of aryl methyl sites for hydroxylation is 1. The minimum Gasteiger partial charge on any atom is -0.493 e. The maximum Gasteiger partial charge on any atom is 0.263 e. The van der Waals surface area contributed by atoms with Gasteiger partial charge in [0.15, 0.2) is 0 Å². The van der Waals surface area contributed by atoms with Gasteiger partial charge in [0.25, 0.3) is 11.5 Å². The van der Waals surface area contributed by atoms with Crippen LogP contribution in [0.1, 0.15) is 18.1 Å². The first-order chi connectivity index (χ1) is 17.5. The van der Waals surface area contributed by atoms with Crippen LogP contribution >= 0.6 is 11.3 Å². The Labute approximate surface area is 211 Å². The third kappa shape index (κ3) is 4.63. The van der Waals surface area contributed by atoms with Gasteiger partial charge in [-0.05, 0) is 36.2 Å². The van der Waals surface area contributed by atoms with E-state index in [4.69, 9.17) is 4.74 Å². The molecule has 0 bridgehead atoms. The van der Waals surface area contributed by atoms with Gasteiger partial charge in [-0.3, -0.25) is 14.2 Å². The molecule has 180 valence electrons. The van der Waals surface area contributed by atoms with Gasteiger partial charge >= 0.3 is 0 Å². The number of hydrogen-bond acceptors (Lipinski definition) is 6. The minimum atomic E-state index is -0.431. The van der Waals surface area contributed by atoms with Crippen molar-refractivity contribution in [1.29, 1.82) is 0 Å². The molecule has 7 nitrogen and oxygen atoms in total. The van der Waals surface area contributed by atoms with Crippen LogP contribution < -0.4 is 15.7 Å². The van der Waals surface area contributed by atoms with Gasteiger partial charge in [0.05, 0.1) is 24.5 Å². The molecule has 5 rings (SSSR count). The molecule has 0 fully saturated rings. The number of aromatic nitrogens is 2. The Bertz CT molecular complexity index is 1650. The summed E-state index contributed by atoms with van der Waals surface area (Å²) in [4.78, 5) is 30.9. The topological polar surface area (TPSA) is 85.6 Å². The molecule has 0 saturated heterocycles. The molecule has 0 spiro atoms. The third-order valence-electron chi connectivity index (χ3n) is 5.85. The van der Waals surface area contributed by atoms with Crippen LogP contribution in [-0.2, 0) is 11.3 Å². The normalized spacial score (nSPS) is 11.4. The molecule has 0 atom stereocenters. The van der Waals surface area contributed by atoms with Gasteiger partial charge in [0.2, 0.25) is 0 Å². The Morgan fingerprint density at radius 3 is 2.75 bits per heavy atom. The molecule has 0 aliphatic rings. The van der Waals surface area contributed by atoms with Gasteiger partial charge in [-0.1, -0.05) is 60.2 Å². The Morgan fingerprint density at radius 1 is 1.14 bits per heavy atom. The molecule has 0 aliphatic heterocycles. The van der Waals surface area contributed by atoms with E-state index in [2.05, 4.69) is 15.5 Å². The highest BCUT2D eigenvalue weighted by molar-refractivity contribution is 7.17.